The topological polar surface area (TPSA) is 37.3 Å². The van der Waals surface area contributed by atoms with Crippen molar-refractivity contribution in [3.63, 3.8) is 0 Å². The molecule has 1 radical (unpaired) electrons. The molecule has 0 aliphatic carbocycles. The van der Waals surface area contributed by atoms with Crippen LogP contribution in [0.2, 0.25) is 0 Å². The van der Waals surface area contributed by atoms with Gasteiger partial charge in [-0.2, -0.15) is 0 Å². The van der Waals surface area contributed by atoms with Crippen molar-refractivity contribution >= 4 is 5.97 Å². The molecule has 0 saturated heterocycles. The zero-order valence-corrected chi connectivity index (χ0v) is 8.06. The second-order valence-corrected chi connectivity index (χ2v) is 1.65. The van der Waals surface area contributed by atoms with Crippen molar-refractivity contribution < 1.29 is 42.6 Å². The Morgan fingerprint density at radius 3 is 2.12 bits per heavy atom. The summed E-state index contributed by atoms with van der Waals surface area (Å²) in [5.74, 6) is -0.887. The van der Waals surface area contributed by atoms with Gasteiger partial charge < -0.3 is 5.11 Å². The Labute approximate surface area is 74.5 Å². The first-order valence-electron chi connectivity index (χ1n) is 2.41. The molecule has 0 fully saturated rings. The average Bonchev–Trinajstić information content (AvgIpc) is 1.65. The van der Waals surface area contributed by atoms with E-state index in [2.05, 4.69) is 0 Å². The molecule has 2 nitrogen and oxygen atoms in total. The third kappa shape index (κ3) is 4.73. The fourth-order valence-corrected chi connectivity index (χ4v) is 0.175. The Balaban J connectivity index is 0. The number of hydrogen-bond donors (Lipinski definition) is 1. The molecule has 0 heterocycles. The molecule has 0 aromatic carbocycles. The summed E-state index contributed by atoms with van der Waals surface area (Å²) in [4.78, 5) is 9.93. The van der Waals surface area contributed by atoms with Gasteiger partial charge in [-0.05, 0) is 6.42 Å². The van der Waals surface area contributed by atoms with E-state index in [0.717, 1.165) is 6.42 Å². The molecule has 0 amide bonds. The van der Waals surface area contributed by atoms with Gasteiger partial charge in [-0.1, -0.05) is 13.8 Å². The number of aliphatic carboxylic acids is 1. The molecule has 0 aliphatic rings. The SMILES string of the molecule is CCC(C)C(=O)O.[Y]. The summed E-state index contributed by atoms with van der Waals surface area (Å²) in [6.07, 6.45) is 0.718. The van der Waals surface area contributed by atoms with E-state index in [-0.39, 0.29) is 38.6 Å². The van der Waals surface area contributed by atoms with Gasteiger partial charge in [0.1, 0.15) is 0 Å². The summed E-state index contributed by atoms with van der Waals surface area (Å²) < 4.78 is 0. The molecular formula is C5H10O2Y. The van der Waals surface area contributed by atoms with Gasteiger partial charge in [-0.15, -0.1) is 0 Å². The summed E-state index contributed by atoms with van der Waals surface area (Å²) in [6.45, 7) is 3.56. The van der Waals surface area contributed by atoms with Gasteiger partial charge in [-0.3, -0.25) is 4.79 Å². The smallest absolute Gasteiger partial charge is 0.306 e. The molecule has 1 N–H and O–H groups in total. The van der Waals surface area contributed by atoms with Crippen LogP contribution in [0, 0.1) is 5.92 Å². The maximum atomic E-state index is 9.93. The second kappa shape index (κ2) is 5.71. The number of rotatable bonds is 2. The Bertz CT molecular complexity index is 72.8. The van der Waals surface area contributed by atoms with Crippen LogP contribution in [0.15, 0.2) is 0 Å². The van der Waals surface area contributed by atoms with E-state index in [1.807, 2.05) is 6.92 Å². The van der Waals surface area contributed by atoms with Crippen LogP contribution in [0.1, 0.15) is 20.3 Å². The molecule has 1 unspecified atom stereocenters. The fourth-order valence-electron chi connectivity index (χ4n) is 0.175. The molecule has 1 atom stereocenters. The molecule has 0 aliphatic heterocycles. The first kappa shape index (κ1) is 11.4. The van der Waals surface area contributed by atoms with E-state index in [4.69, 9.17) is 5.11 Å². The van der Waals surface area contributed by atoms with Crippen molar-refractivity contribution in [1.82, 2.24) is 0 Å². The van der Waals surface area contributed by atoms with Gasteiger partial charge in [0.15, 0.2) is 0 Å². The van der Waals surface area contributed by atoms with E-state index in [0.29, 0.717) is 0 Å². The van der Waals surface area contributed by atoms with Gasteiger partial charge in [0.25, 0.3) is 0 Å². The monoisotopic (exact) mass is 191 g/mol. The fraction of sp³-hybridized carbons (Fsp3) is 0.800. The summed E-state index contributed by atoms with van der Waals surface area (Å²) in [5.41, 5.74) is 0. The van der Waals surface area contributed by atoms with Crippen molar-refractivity contribution in [3.05, 3.63) is 0 Å². The molecule has 0 bridgehead atoms. The predicted molar refractivity (Wildman–Crippen MR) is 27.1 cm³/mol. The summed E-state index contributed by atoms with van der Waals surface area (Å²) in [7, 11) is 0. The Morgan fingerprint density at radius 1 is 1.75 bits per heavy atom. The minimum atomic E-state index is -0.706. The zero-order chi connectivity index (χ0) is 5.86. The molecule has 0 aromatic heterocycles. The Morgan fingerprint density at radius 2 is 2.12 bits per heavy atom. The first-order valence-corrected chi connectivity index (χ1v) is 2.41. The number of carboxylic acid groups (broad SMARTS) is 1. The third-order valence-electron chi connectivity index (χ3n) is 1.03. The number of hydrogen-bond acceptors (Lipinski definition) is 1. The molecule has 0 rings (SSSR count). The van der Waals surface area contributed by atoms with Crippen LogP contribution in [0.3, 0.4) is 0 Å². The minimum absolute atomic E-state index is 0. The van der Waals surface area contributed by atoms with Crippen molar-refractivity contribution in [3.8, 4) is 0 Å². The Hall–Kier alpha value is 0.574. The van der Waals surface area contributed by atoms with Crippen LogP contribution in [0.25, 0.3) is 0 Å². The molecule has 0 spiro atoms. The summed E-state index contributed by atoms with van der Waals surface area (Å²) >= 11 is 0. The zero-order valence-electron chi connectivity index (χ0n) is 5.22. The molecule has 8 heavy (non-hydrogen) atoms. The molecule has 45 valence electrons. The number of carboxylic acids is 1. The van der Waals surface area contributed by atoms with Crippen LogP contribution >= 0.6 is 0 Å². The maximum Gasteiger partial charge on any atom is 0.306 e. The van der Waals surface area contributed by atoms with Crippen LogP contribution in [-0.2, 0) is 37.5 Å². The van der Waals surface area contributed by atoms with E-state index in [1.165, 1.54) is 0 Å². The van der Waals surface area contributed by atoms with Crippen molar-refractivity contribution in [2.75, 3.05) is 0 Å². The van der Waals surface area contributed by atoms with E-state index >= 15 is 0 Å². The van der Waals surface area contributed by atoms with Gasteiger partial charge in [-0.25, -0.2) is 0 Å². The van der Waals surface area contributed by atoms with Crippen LogP contribution in [0.5, 0.6) is 0 Å². The van der Waals surface area contributed by atoms with Crippen molar-refractivity contribution in [1.29, 1.82) is 0 Å². The van der Waals surface area contributed by atoms with Crippen LogP contribution in [0.4, 0.5) is 0 Å². The number of carbonyl (C=O) groups is 1. The van der Waals surface area contributed by atoms with Gasteiger partial charge in [0.05, 0.1) is 5.92 Å². The van der Waals surface area contributed by atoms with Gasteiger partial charge in [0, 0.05) is 32.7 Å². The molecule has 0 saturated carbocycles. The van der Waals surface area contributed by atoms with E-state index < -0.39 is 5.97 Å². The van der Waals surface area contributed by atoms with Crippen molar-refractivity contribution in [2.45, 2.75) is 20.3 Å². The average molecular weight is 191 g/mol. The predicted octanol–water partition coefficient (Wildman–Crippen LogP) is 1.11. The van der Waals surface area contributed by atoms with Crippen LogP contribution < -0.4 is 0 Å². The third-order valence-corrected chi connectivity index (χ3v) is 1.03. The van der Waals surface area contributed by atoms with Gasteiger partial charge in [0.2, 0.25) is 0 Å². The first-order chi connectivity index (χ1) is 3.18. The largest absolute Gasteiger partial charge is 0.481 e. The summed E-state index contributed by atoms with van der Waals surface area (Å²) in [5, 5.41) is 8.18. The standard InChI is InChI=1S/C5H10O2.Y/c1-3-4(2)5(6)7;/h4H,3H2,1-2H3,(H,6,7);. The van der Waals surface area contributed by atoms with Crippen molar-refractivity contribution in [2.24, 2.45) is 5.92 Å². The van der Waals surface area contributed by atoms with Crippen LogP contribution in [-0.4, -0.2) is 11.1 Å². The Kier molecular flexibility index (Phi) is 8.12. The molecule has 0 aromatic rings. The maximum absolute atomic E-state index is 9.93. The molecule has 3 heteroatoms. The van der Waals surface area contributed by atoms with E-state index in [9.17, 15) is 4.79 Å². The normalized spacial score (nSPS) is 11.8. The van der Waals surface area contributed by atoms with E-state index in [1.54, 1.807) is 6.92 Å². The minimum Gasteiger partial charge on any atom is -0.481 e. The molecular weight excluding hydrogens is 181 g/mol. The summed E-state index contributed by atoms with van der Waals surface area (Å²) in [6, 6.07) is 0. The quantitative estimate of drug-likeness (QED) is 0.709. The second-order valence-electron chi connectivity index (χ2n) is 1.65. The van der Waals surface area contributed by atoms with Gasteiger partial charge >= 0.3 is 5.97 Å².